The quantitative estimate of drug-likeness (QED) is 0.772. The van der Waals surface area contributed by atoms with Crippen LogP contribution >= 0.6 is 11.6 Å². The Morgan fingerprint density at radius 2 is 2.23 bits per heavy atom. The van der Waals surface area contributed by atoms with Crippen LogP contribution in [0, 0.1) is 0 Å². The molecule has 0 aliphatic carbocycles. The van der Waals surface area contributed by atoms with Crippen molar-refractivity contribution >= 4 is 11.6 Å². The molecular weight excluding hydrogens is 200 g/mol. The van der Waals surface area contributed by atoms with Crippen molar-refractivity contribution in [1.82, 2.24) is 4.98 Å². The molecule has 0 aromatic carbocycles. The maximum atomic E-state index is 12.3. The van der Waals surface area contributed by atoms with Crippen molar-refractivity contribution in [3.63, 3.8) is 0 Å². The van der Waals surface area contributed by atoms with Crippen molar-refractivity contribution < 1.29 is 13.9 Å². The summed E-state index contributed by atoms with van der Waals surface area (Å²) in [6.45, 7) is -0.435. The largest absolute Gasteiger partial charge is 0.392 e. The molecule has 0 unspecified atom stereocenters. The molecule has 1 aromatic heterocycles. The van der Waals surface area contributed by atoms with E-state index >= 15 is 0 Å². The number of aliphatic hydroxyl groups excluding tert-OH is 1. The van der Waals surface area contributed by atoms with Gasteiger partial charge in [-0.05, 0) is 6.07 Å². The first-order valence-corrected chi connectivity index (χ1v) is 4.15. The highest BCUT2D eigenvalue weighted by Crippen LogP contribution is 2.23. The standard InChI is InChI=1S/C8H8ClF2NO/c9-2-6-1-7(8(10)11)5(4-13)3-12-6/h1,3,8,13H,2,4H2. The van der Waals surface area contributed by atoms with Crippen molar-refractivity contribution in [2.24, 2.45) is 0 Å². The van der Waals surface area contributed by atoms with E-state index in [2.05, 4.69) is 4.98 Å². The maximum Gasteiger partial charge on any atom is 0.264 e. The molecule has 0 spiro atoms. The minimum absolute atomic E-state index is 0.0887. The number of aliphatic hydroxyl groups is 1. The number of hydrogen-bond donors (Lipinski definition) is 1. The third kappa shape index (κ3) is 2.35. The smallest absolute Gasteiger partial charge is 0.264 e. The van der Waals surface area contributed by atoms with Gasteiger partial charge in [0.1, 0.15) is 0 Å². The number of pyridine rings is 1. The van der Waals surface area contributed by atoms with E-state index in [1.54, 1.807) is 0 Å². The maximum absolute atomic E-state index is 12.3. The van der Waals surface area contributed by atoms with Gasteiger partial charge in [0, 0.05) is 17.3 Å². The van der Waals surface area contributed by atoms with E-state index in [4.69, 9.17) is 16.7 Å². The molecule has 2 nitrogen and oxygen atoms in total. The lowest BCUT2D eigenvalue weighted by atomic mass is 10.1. The van der Waals surface area contributed by atoms with Gasteiger partial charge < -0.3 is 5.11 Å². The highest BCUT2D eigenvalue weighted by atomic mass is 35.5. The molecule has 72 valence electrons. The third-order valence-electron chi connectivity index (χ3n) is 1.62. The van der Waals surface area contributed by atoms with Crippen molar-refractivity contribution in [3.05, 3.63) is 29.1 Å². The van der Waals surface area contributed by atoms with E-state index in [1.165, 1.54) is 12.3 Å². The number of alkyl halides is 3. The van der Waals surface area contributed by atoms with E-state index in [1.807, 2.05) is 0 Å². The summed E-state index contributed by atoms with van der Waals surface area (Å²) in [5.74, 6) is 0.0887. The van der Waals surface area contributed by atoms with Gasteiger partial charge >= 0.3 is 0 Å². The highest BCUT2D eigenvalue weighted by Gasteiger charge is 2.13. The molecule has 1 aromatic rings. The Morgan fingerprint density at radius 1 is 1.54 bits per heavy atom. The van der Waals surface area contributed by atoms with Gasteiger partial charge in [0.2, 0.25) is 0 Å². The molecule has 0 fully saturated rings. The van der Waals surface area contributed by atoms with Crippen LogP contribution in [0.4, 0.5) is 8.78 Å². The van der Waals surface area contributed by atoms with Crippen molar-refractivity contribution in [1.29, 1.82) is 0 Å². The van der Waals surface area contributed by atoms with Crippen LogP contribution in [0.15, 0.2) is 12.3 Å². The second kappa shape index (κ2) is 4.48. The third-order valence-corrected chi connectivity index (χ3v) is 1.90. The van der Waals surface area contributed by atoms with Crippen LogP contribution in [-0.4, -0.2) is 10.1 Å². The van der Waals surface area contributed by atoms with E-state index in [0.29, 0.717) is 5.69 Å². The zero-order valence-corrected chi connectivity index (χ0v) is 7.43. The Kier molecular flexibility index (Phi) is 3.57. The van der Waals surface area contributed by atoms with Gasteiger partial charge in [-0.25, -0.2) is 8.78 Å². The molecule has 0 bridgehead atoms. The predicted molar refractivity (Wildman–Crippen MR) is 44.7 cm³/mol. The summed E-state index contributed by atoms with van der Waals surface area (Å²) in [5.41, 5.74) is 0.325. The van der Waals surface area contributed by atoms with Gasteiger partial charge in [-0.2, -0.15) is 0 Å². The zero-order chi connectivity index (χ0) is 9.84. The Bertz CT molecular complexity index is 293. The van der Waals surface area contributed by atoms with E-state index in [9.17, 15) is 8.78 Å². The predicted octanol–water partition coefficient (Wildman–Crippen LogP) is 2.25. The summed E-state index contributed by atoms with van der Waals surface area (Å²) in [6, 6.07) is 1.21. The molecule has 0 amide bonds. The van der Waals surface area contributed by atoms with Gasteiger partial charge in [0.05, 0.1) is 18.2 Å². The first kappa shape index (κ1) is 10.3. The number of rotatable bonds is 3. The Labute approximate surface area is 79.2 Å². The number of aromatic nitrogens is 1. The SMILES string of the molecule is OCc1cnc(CCl)cc1C(F)F. The molecule has 0 atom stereocenters. The summed E-state index contributed by atoms with van der Waals surface area (Å²) in [6.07, 6.45) is -1.38. The lowest BCUT2D eigenvalue weighted by molar-refractivity contribution is 0.147. The molecule has 1 rings (SSSR count). The number of halogens is 3. The van der Waals surface area contributed by atoms with Crippen LogP contribution in [0.1, 0.15) is 23.2 Å². The second-order valence-corrected chi connectivity index (χ2v) is 2.73. The minimum atomic E-state index is -2.60. The Hall–Kier alpha value is -0.740. The zero-order valence-electron chi connectivity index (χ0n) is 6.67. The first-order valence-electron chi connectivity index (χ1n) is 3.61. The topological polar surface area (TPSA) is 33.1 Å². The summed E-state index contributed by atoms with van der Waals surface area (Å²) in [7, 11) is 0. The van der Waals surface area contributed by atoms with Gasteiger partial charge in [0.15, 0.2) is 0 Å². The molecule has 0 radical (unpaired) electrons. The number of hydrogen-bond acceptors (Lipinski definition) is 2. The van der Waals surface area contributed by atoms with Crippen LogP contribution in [-0.2, 0) is 12.5 Å². The summed E-state index contributed by atoms with van der Waals surface area (Å²) >= 11 is 5.43. The average molecular weight is 208 g/mol. The first-order chi connectivity index (χ1) is 6.19. The molecule has 0 aliphatic rings. The van der Waals surface area contributed by atoms with Gasteiger partial charge in [-0.15, -0.1) is 11.6 Å². The van der Waals surface area contributed by atoms with E-state index in [-0.39, 0.29) is 17.0 Å². The monoisotopic (exact) mass is 207 g/mol. The molecule has 1 heterocycles. The molecule has 1 N–H and O–H groups in total. The van der Waals surface area contributed by atoms with Crippen LogP contribution in [0.2, 0.25) is 0 Å². The highest BCUT2D eigenvalue weighted by molar-refractivity contribution is 6.16. The van der Waals surface area contributed by atoms with Crippen LogP contribution in [0.3, 0.4) is 0 Å². The van der Waals surface area contributed by atoms with Crippen LogP contribution < -0.4 is 0 Å². The average Bonchev–Trinajstić information content (AvgIpc) is 2.16. The minimum Gasteiger partial charge on any atom is -0.392 e. The molecular formula is C8H8ClF2NO. The van der Waals surface area contributed by atoms with Crippen LogP contribution in [0.25, 0.3) is 0 Å². The van der Waals surface area contributed by atoms with Crippen molar-refractivity contribution in [2.45, 2.75) is 18.9 Å². The summed E-state index contributed by atoms with van der Waals surface area (Å²) in [5, 5.41) is 8.72. The normalized spacial score (nSPS) is 10.8. The second-order valence-electron chi connectivity index (χ2n) is 2.47. The fraction of sp³-hybridized carbons (Fsp3) is 0.375. The summed E-state index contributed by atoms with van der Waals surface area (Å²) in [4.78, 5) is 3.79. The van der Waals surface area contributed by atoms with Crippen molar-refractivity contribution in [2.75, 3.05) is 0 Å². The molecule has 13 heavy (non-hydrogen) atoms. The Morgan fingerprint density at radius 3 is 2.69 bits per heavy atom. The molecule has 5 heteroatoms. The fourth-order valence-corrected chi connectivity index (χ4v) is 1.10. The summed E-state index contributed by atoms with van der Waals surface area (Å²) < 4.78 is 24.7. The van der Waals surface area contributed by atoms with Gasteiger partial charge in [-0.3, -0.25) is 4.98 Å². The molecule has 0 aliphatic heterocycles. The molecule has 0 saturated carbocycles. The van der Waals surface area contributed by atoms with Crippen LogP contribution in [0.5, 0.6) is 0 Å². The Balaban J connectivity index is 3.10. The van der Waals surface area contributed by atoms with Crippen molar-refractivity contribution in [3.8, 4) is 0 Å². The fourth-order valence-electron chi connectivity index (χ4n) is 0.953. The lowest BCUT2D eigenvalue weighted by Crippen LogP contribution is -1.98. The lowest BCUT2D eigenvalue weighted by Gasteiger charge is -2.06. The van der Waals surface area contributed by atoms with Gasteiger partial charge in [0.25, 0.3) is 6.43 Å². The number of nitrogens with zero attached hydrogens (tertiary/aromatic N) is 1. The van der Waals surface area contributed by atoms with Gasteiger partial charge in [-0.1, -0.05) is 0 Å². The molecule has 0 saturated heterocycles. The van der Waals surface area contributed by atoms with E-state index in [0.717, 1.165) is 0 Å². The van der Waals surface area contributed by atoms with E-state index < -0.39 is 13.0 Å².